The zero-order valence-corrected chi connectivity index (χ0v) is 16.2. The zero-order valence-electron chi connectivity index (χ0n) is 16.2. The van der Waals surface area contributed by atoms with Gasteiger partial charge in [0.25, 0.3) is 5.91 Å². The van der Waals surface area contributed by atoms with Crippen molar-refractivity contribution in [2.75, 3.05) is 5.43 Å². The Morgan fingerprint density at radius 2 is 1.87 bits per heavy atom. The number of aryl methyl sites for hydroxylation is 1. The van der Waals surface area contributed by atoms with Crippen LogP contribution in [0.25, 0.3) is 22.2 Å². The van der Waals surface area contributed by atoms with Crippen molar-refractivity contribution in [2.24, 2.45) is 0 Å². The fraction of sp³-hybridized carbons (Fsp3) is 0.0909. The number of pyridine rings is 3. The highest BCUT2D eigenvalue weighted by atomic mass is 19.4. The first-order valence-corrected chi connectivity index (χ1v) is 9.23. The predicted molar refractivity (Wildman–Crippen MR) is 110 cm³/mol. The number of rotatable bonds is 4. The molecule has 0 spiro atoms. The molecule has 6 nitrogen and oxygen atoms in total. The van der Waals surface area contributed by atoms with Gasteiger partial charge in [-0.15, -0.1) is 0 Å². The fourth-order valence-corrected chi connectivity index (χ4v) is 3.05. The first-order chi connectivity index (χ1) is 14.8. The smallest absolute Gasteiger partial charge is 0.282 e. The number of hydrogen-bond acceptors (Lipinski definition) is 5. The number of fused-ring (bicyclic) bond motifs is 1. The Morgan fingerprint density at radius 1 is 1.03 bits per heavy atom. The highest BCUT2D eigenvalue weighted by Crippen LogP contribution is 2.30. The number of carbonyl (C=O) groups is 1. The van der Waals surface area contributed by atoms with E-state index in [1.807, 2.05) is 31.2 Å². The summed E-state index contributed by atoms with van der Waals surface area (Å²) in [6, 6.07) is 12.4. The van der Waals surface area contributed by atoms with Crippen LogP contribution in [-0.2, 0) is 6.18 Å². The van der Waals surface area contributed by atoms with E-state index in [-0.39, 0.29) is 5.82 Å². The summed E-state index contributed by atoms with van der Waals surface area (Å²) in [5, 5.41) is 0.615. The molecule has 2 N–H and O–H groups in total. The van der Waals surface area contributed by atoms with Crippen molar-refractivity contribution >= 4 is 22.6 Å². The molecule has 0 saturated heterocycles. The number of aromatic nitrogens is 3. The summed E-state index contributed by atoms with van der Waals surface area (Å²) < 4.78 is 38.7. The molecule has 0 aliphatic rings. The third-order valence-corrected chi connectivity index (χ3v) is 4.56. The van der Waals surface area contributed by atoms with E-state index in [1.165, 1.54) is 0 Å². The molecule has 156 valence electrons. The summed E-state index contributed by atoms with van der Waals surface area (Å²) >= 11 is 0. The van der Waals surface area contributed by atoms with Crippen molar-refractivity contribution in [3.8, 4) is 11.3 Å². The van der Waals surface area contributed by atoms with Gasteiger partial charge in [-0.2, -0.15) is 13.2 Å². The lowest BCUT2D eigenvalue weighted by Crippen LogP contribution is -2.30. The van der Waals surface area contributed by atoms with Crippen molar-refractivity contribution in [3.05, 3.63) is 83.8 Å². The molecule has 0 atom stereocenters. The summed E-state index contributed by atoms with van der Waals surface area (Å²) in [7, 11) is 0. The van der Waals surface area contributed by atoms with Crippen molar-refractivity contribution < 1.29 is 18.0 Å². The van der Waals surface area contributed by atoms with E-state index >= 15 is 0 Å². The van der Waals surface area contributed by atoms with Crippen LogP contribution in [0.1, 0.15) is 21.5 Å². The second-order valence-electron chi connectivity index (χ2n) is 6.82. The van der Waals surface area contributed by atoms with Crippen LogP contribution in [0.4, 0.5) is 19.0 Å². The Hall–Kier alpha value is -4.01. The number of carbonyl (C=O) groups excluding carboxylic acids is 1. The van der Waals surface area contributed by atoms with Crippen molar-refractivity contribution in [3.63, 3.8) is 0 Å². The second kappa shape index (κ2) is 8.02. The molecular formula is C22H16F3N5O. The average molecular weight is 423 g/mol. The fourth-order valence-electron chi connectivity index (χ4n) is 3.05. The van der Waals surface area contributed by atoms with Crippen LogP contribution in [0.5, 0.6) is 0 Å². The standard InChI is InChI=1S/C22H16F3N5O/c1-13-4-5-18-16(9-13)17(11-19(28-18)14-3-2-7-26-12-14)21(31)30-29-20-10-15(6-8-27-20)22(23,24)25/h2-12H,1H3,(H,27,29)(H,30,31). The van der Waals surface area contributed by atoms with E-state index in [0.29, 0.717) is 22.2 Å². The molecule has 0 bridgehead atoms. The zero-order chi connectivity index (χ0) is 22.0. The monoisotopic (exact) mass is 423 g/mol. The van der Waals surface area contributed by atoms with Crippen LogP contribution in [0, 0.1) is 6.92 Å². The first kappa shape index (κ1) is 20.3. The van der Waals surface area contributed by atoms with Gasteiger partial charge < -0.3 is 0 Å². The SMILES string of the molecule is Cc1ccc2nc(-c3cccnc3)cc(C(=O)NNc3cc(C(F)(F)F)ccn3)c2c1. The minimum atomic E-state index is -4.51. The normalized spacial score (nSPS) is 11.4. The molecule has 4 aromatic rings. The number of nitrogens with one attached hydrogen (secondary N) is 2. The number of hydrazine groups is 1. The Bertz CT molecular complexity index is 1260. The van der Waals surface area contributed by atoms with Crippen LogP contribution in [-0.4, -0.2) is 20.9 Å². The Balaban J connectivity index is 1.68. The van der Waals surface area contributed by atoms with Gasteiger partial charge in [0.1, 0.15) is 5.82 Å². The molecule has 0 saturated carbocycles. The molecule has 4 rings (SSSR count). The highest BCUT2D eigenvalue weighted by molar-refractivity contribution is 6.07. The van der Waals surface area contributed by atoms with Gasteiger partial charge in [0.15, 0.2) is 0 Å². The lowest BCUT2D eigenvalue weighted by atomic mass is 10.0. The third-order valence-electron chi connectivity index (χ3n) is 4.56. The summed E-state index contributed by atoms with van der Waals surface area (Å²) in [5.74, 6) is -0.674. The number of hydrogen-bond donors (Lipinski definition) is 2. The molecule has 3 heterocycles. The maximum Gasteiger partial charge on any atom is 0.416 e. The summed E-state index contributed by atoms with van der Waals surface area (Å²) in [6.45, 7) is 1.89. The molecule has 0 fully saturated rings. The van der Waals surface area contributed by atoms with E-state index in [9.17, 15) is 18.0 Å². The highest BCUT2D eigenvalue weighted by Gasteiger charge is 2.30. The third kappa shape index (κ3) is 4.45. The van der Waals surface area contributed by atoms with E-state index in [1.54, 1.807) is 24.5 Å². The van der Waals surface area contributed by atoms with E-state index in [0.717, 1.165) is 29.5 Å². The minimum absolute atomic E-state index is 0.134. The molecule has 3 aromatic heterocycles. The van der Waals surface area contributed by atoms with E-state index in [2.05, 4.69) is 25.8 Å². The van der Waals surface area contributed by atoms with E-state index < -0.39 is 17.6 Å². The number of alkyl halides is 3. The molecule has 31 heavy (non-hydrogen) atoms. The Kier molecular flexibility index (Phi) is 5.24. The first-order valence-electron chi connectivity index (χ1n) is 9.23. The molecule has 1 amide bonds. The van der Waals surface area contributed by atoms with Crippen LogP contribution < -0.4 is 10.9 Å². The molecule has 9 heteroatoms. The van der Waals surface area contributed by atoms with Gasteiger partial charge in [0.05, 0.1) is 22.3 Å². The van der Waals surface area contributed by atoms with E-state index in [4.69, 9.17) is 0 Å². The van der Waals surface area contributed by atoms with Crippen molar-refractivity contribution in [1.29, 1.82) is 0 Å². The summed E-state index contributed by atoms with van der Waals surface area (Å²) in [5.41, 5.74) is 7.13. The maximum atomic E-state index is 12.9. The lowest BCUT2D eigenvalue weighted by Gasteiger charge is -2.13. The largest absolute Gasteiger partial charge is 0.416 e. The van der Waals surface area contributed by atoms with Gasteiger partial charge in [-0.3, -0.25) is 20.6 Å². The molecular weight excluding hydrogens is 407 g/mol. The maximum absolute atomic E-state index is 12.9. The van der Waals surface area contributed by atoms with Gasteiger partial charge in [0, 0.05) is 29.5 Å². The van der Waals surface area contributed by atoms with Crippen LogP contribution >= 0.6 is 0 Å². The van der Waals surface area contributed by atoms with Gasteiger partial charge in [-0.25, -0.2) is 9.97 Å². The van der Waals surface area contributed by atoms with Gasteiger partial charge >= 0.3 is 6.18 Å². The number of halogens is 3. The molecule has 0 radical (unpaired) electrons. The van der Waals surface area contributed by atoms with Gasteiger partial charge in [-0.05, 0) is 49.4 Å². The topological polar surface area (TPSA) is 79.8 Å². The minimum Gasteiger partial charge on any atom is -0.282 e. The molecule has 0 unspecified atom stereocenters. The lowest BCUT2D eigenvalue weighted by molar-refractivity contribution is -0.137. The predicted octanol–water partition coefficient (Wildman–Crippen LogP) is 4.78. The number of anilines is 1. The molecule has 1 aromatic carbocycles. The second-order valence-corrected chi connectivity index (χ2v) is 6.82. The molecule has 0 aliphatic carbocycles. The van der Waals surface area contributed by atoms with Gasteiger partial charge in [-0.1, -0.05) is 11.6 Å². The summed E-state index contributed by atoms with van der Waals surface area (Å²) in [4.78, 5) is 25.4. The number of nitrogens with zero attached hydrogens (tertiary/aromatic N) is 3. The Labute approximate surface area is 175 Å². The molecule has 0 aliphatic heterocycles. The van der Waals surface area contributed by atoms with Crippen LogP contribution in [0.2, 0.25) is 0 Å². The van der Waals surface area contributed by atoms with Gasteiger partial charge in [0.2, 0.25) is 0 Å². The Morgan fingerprint density at radius 3 is 2.61 bits per heavy atom. The average Bonchev–Trinajstić information content (AvgIpc) is 2.77. The summed E-state index contributed by atoms with van der Waals surface area (Å²) in [6.07, 6.45) is -0.230. The quantitative estimate of drug-likeness (QED) is 0.462. The number of benzene rings is 1. The van der Waals surface area contributed by atoms with Crippen molar-refractivity contribution in [1.82, 2.24) is 20.4 Å². The van der Waals surface area contributed by atoms with Crippen molar-refractivity contribution in [2.45, 2.75) is 13.1 Å². The number of amides is 1. The van der Waals surface area contributed by atoms with Crippen LogP contribution in [0.15, 0.2) is 67.1 Å². The van der Waals surface area contributed by atoms with Crippen LogP contribution in [0.3, 0.4) is 0 Å².